The third-order valence-corrected chi connectivity index (χ3v) is 5.25. The second-order valence-electron chi connectivity index (χ2n) is 5.77. The highest BCUT2D eigenvalue weighted by molar-refractivity contribution is 7.15. The average molecular weight is 305 g/mol. The fraction of sp³-hybridized carbons (Fsp3) is 0.438. The summed E-state index contributed by atoms with van der Waals surface area (Å²) in [5.74, 6) is 0.704. The van der Waals surface area contributed by atoms with Gasteiger partial charge in [-0.25, -0.2) is 4.98 Å². The first-order valence-corrected chi connectivity index (χ1v) is 8.48. The summed E-state index contributed by atoms with van der Waals surface area (Å²) in [6, 6.07) is 8.77. The fourth-order valence-electron chi connectivity index (χ4n) is 2.44. The van der Waals surface area contributed by atoms with E-state index in [1.807, 2.05) is 29.5 Å². The molecule has 1 aromatic heterocycles. The molecule has 0 atom stereocenters. The molecule has 2 fully saturated rings. The lowest BCUT2D eigenvalue weighted by Gasteiger charge is -2.01. The summed E-state index contributed by atoms with van der Waals surface area (Å²) in [6.07, 6.45) is 5.27. The van der Waals surface area contributed by atoms with Crippen molar-refractivity contribution in [1.82, 2.24) is 10.3 Å². The molecule has 2 aliphatic carbocycles. The van der Waals surface area contributed by atoms with Crippen molar-refractivity contribution in [2.45, 2.75) is 44.2 Å². The van der Waals surface area contributed by atoms with Gasteiger partial charge in [-0.15, -0.1) is 11.3 Å². The van der Waals surface area contributed by atoms with Crippen LogP contribution in [0, 0.1) is 0 Å². The molecule has 20 heavy (non-hydrogen) atoms. The number of hydrogen-bond acceptors (Lipinski definition) is 3. The van der Waals surface area contributed by atoms with Gasteiger partial charge in [0.15, 0.2) is 0 Å². The maximum Gasteiger partial charge on any atom is 0.123 e. The van der Waals surface area contributed by atoms with Gasteiger partial charge in [-0.3, -0.25) is 0 Å². The van der Waals surface area contributed by atoms with Crippen LogP contribution < -0.4 is 5.32 Å². The molecule has 0 bridgehead atoms. The van der Waals surface area contributed by atoms with Crippen molar-refractivity contribution >= 4 is 22.9 Å². The first-order valence-electron chi connectivity index (χ1n) is 7.28. The molecule has 2 aliphatic rings. The summed E-state index contributed by atoms with van der Waals surface area (Å²) in [6.45, 7) is 0.981. The fourth-order valence-corrected chi connectivity index (χ4v) is 3.72. The lowest BCUT2D eigenvalue weighted by molar-refractivity contribution is 0.688. The van der Waals surface area contributed by atoms with E-state index in [2.05, 4.69) is 11.4 Å². The zero-order valence-electron chi connectivity index (χ0n) is 11.2. The topological polar surface area (TPSA) is 24.9 Å². The second-order valence-corrected chi connectivity index (χ2v) is 7.29. The van der Waals surface area contributed by atoms with Crippen molar-refractivity contribution in [3.63, 3.8) is 0 Å². The highest BCUT2D eigenvalue weighted by atomic mass is 35.5. The number of benzene rings is 1. The summed E-state index contributed by atoms with van der Waals surface area (Å²) in [5, 5.41) is 5.51. The highest BCUT2D eigenvalue weighted by Gasteiger charge is 2.30. The van der Waals surface area contributed by atoms with Crippen LogP contribution in [0.1, 0.15) is 42.2 Å². The molecule has 0 aliphatic heterocycles. The average Bonchev–Trinajstić information content (AvgIpc) is 3.36. The van der Waals surface area contributed by atoms with E-state index in [1.54, 1.807) is 0 Å². The quantitative estimate of drug-likeness (QED) is 0.873. The number of hydrogen-bond donors (Lipinski definition) is 1. The zero-order chi connectivity index (χ0) is 13.5. The SMILES string of the molecule is Clc1cccc(-c2nc(C3CC3)c(CNC3CC3)s2)c1. The maximum absolute atomic E-state index is 6.09. The first kappa shape index (κ1) is 12.8. The Balaban J connectivity index is 1.63. The van der Waals surface area contributed by atoms with Crippen molar-refractivity contribution < 1.29 is 0 Å². The molecule has 0 spiro atoms. The zero-order valence-corrected chi connectivity index (χ0v) is 12.8. The van der Waals surface area contributed by atoms with Gasteiger partial charge in [0.25, 0.3) is 0 Å². The van der Waals surface area contributed by atoms with Gasteiger partial charge in [0.2, 0.25) is 0 Å². The lowest BCUT2D eigenvalue weighted by Crippen LogP contribution is -2.15. The van der Waals surface area contributed by atoms with Crippen molar-refractivity contribution in [2.75, 3.05) is 0 Å². The Hall–Kier alpha value is -0.900. The minimum Gasteiger partial charge on any atom is -0.309 e. The Labute approximate surface area is 128 Å². The van der Waals surface area contributed by atoms with Crippen LogP contribution in [0.2, 0.25) is 5.02 Å². The number of thiazole rings is 1. The van der Waals surface area contributed by atoms with Crippen molar-refractivity contribution in [3.05, 3.63) is 39.9 Å². The molecule has 0 amide bonds. The monoisotopic (exact) mass is 304 g/mol. The standard InChI is InChI=1S/C16H17ClN2S/c17-12-3-1-2-11(8-12)16-19-15(10-4-5-10)14(20-16)9-18-13-6-7-13/h1-3,8,10,13,18H,4-7,9H2. The minimum absolute atomic E-state index is 0.704. The van der Waals surface area contributed by atoms with Crippen LogP contribution in [0.3, 0.4) is 0 Å². The summed E-state index contributed by atoms with van der Waals surface area (Å²) in [4.78, 5) is 6.33. The smallest absolute Gasteiger partial charge is 0.123 e. The molecule has 4 rings (SSSR count). The molecule has 0 saturated heterocycles. The minimum atomic E-state index is 0.704. The first-order chi connectivity index (χ1) is 9.79. The molecule has 2 aromatic rings. The number of aromatic nitrogens is 1. The molecule has 4 heteroatoms. The van der Waals surface area contributed by atoms with E-state index in [0.717, 1.165) is 28.2 Å². The van der Waals surface area contributed by atoms with Gasteiger partial charge in [-0.1, -0.05) is 23.7 Å². The number of nitrogens with one attached hydrogen (secondary N) is 1. The second kappa shape index (κ2) is 5.14. The van der Waals surface area contributed by atoms with E-state index in [9.17, 15) is 0 Å². The van der Waals surface area contributed by atoms with Gasteiger partial charge in [0, 0.05) is 34.0 Å². The summed E-state index contributed by atoms with van der Waals surface area (Å²) in [5.41, 5.74) is 2.47. The maximum atomic E-state index is 6.09. The van der Waals surface area contributed by atoms with Crippen LogP contribution in [0.5, 0.6) is 0 Å². The highest BCUT2D eigenvalue weighted by Crippen LogP contribution is 2.44. The van der Waals surface area contributed by atoms with E-state index in [1.165, 1.54) is 36.3 Å². The Morgan fingerprint density at radius 1 is 1.25 bits per heavy atom. The molecule has 2 saturated carbocycles. The van der Waals surface area contributed by atoms with E-state index in [-0.39, 0.29) is 0 Å². The van der Waals surface area contributed by atoms with Crippen molar-refractivity contribution in [1.29, 1.82) is 0 Å². The molecule has 0 unspecified atom stereocenters. The van der Waals surface area contributed by atoms with Crippen LogP contribution in [0.4, 0.5) is 0 Å². The van der Waals surface area contributed by atoms with Crippen LogP contribution in [-0.4, -0.2) is 11.0 Å². The molecule has 104 valence electrons. The third kappa shape index (κ3) is 2.76. The summed E-state index contributed by atoms with van der Waals surface area (Å²) >= 11 is 7.92. The van der Waals surface area contributed by atoms with E-state index in [4.69, 9.17) is 16.6 Å². The third-order valence-electron chi connectivity index (χ3n) is 3.89. The molecular weight excluding hydrogens is 288 g/mol. The van der Waals surface area contributed by atoms with Gasteiger partial charge in [-0.2, -0.15) is 0 Å². The summed E-state index contributed by atoms with van der Waals surface area (Å²) in [7, 11) is 0. The largest absolute Gasteiger partial charge is 0.309 e. The van der Waals surface area contributed by atoms with Gasteiger partial charge >= 0.3 is 0 Å². The Kier molecular flexibility index (Phi) is 3.29. The number of nitrogens with zero attached hydrogens (tertiary/aromatic N) is 1. The van der Waals surface area contributed by atoms with Gasteiger partial charge in [0.05, 0.1) is 5.69 Å². The number of rotatable bonds is 5. The molecule has 1 N–H and O–H groups in total. The van der Waals surface area contributed by atoms with Crippen molar-refractivity contribution in [3.8, 4) is 10.6 Å². The molecular formula is C16H17ClN2S. The molecule has 2 nitrogen and oxygen atoms in total. The molecule has 1 aromatic carbocycles. The van der Waals surface area contributed by atoms with Crippen LogP contribution in [-0.2, 0) is 6.54 Å². The van der Waals surface area contributed by atoms with Crippen molar-refractivity contribution in [2.24, 2.45) is 0 Å². The Morgan fingerprint density at radius 2 is 2.10 bits per heavy atom. The van der Waals surface area contributed by atoms with Gasteiger partial charge in [-0.05, 0) is 37.8 Å². The lowest BCUT2D eigenvalue weighted by atomic mass is 10.2. The van der Waals surface area contributed by atoms with E-state index in [0.29, 0.717) is 5.92 Å². The molecule has 1 heterocycles. The number of halogens is 1. The predicted octanol–water partition coefficient (Wildman–Crippen LogP) is 4.59. The van der Waals surface area contributed by atoms with Gasteiger partial charge < -0.3 is 5.32 Å². The van der Waals surface area contributed by atoms with E-state index >= 15 is 0 Å². The van der Waals surface area contributed by atoms with Gasteiger partial charge in [0.1, 0.15) is 5.01 Å². The van der Waals surface area contributed by atoms with E-state index < -0.39 is 0 Å². The van der Waals surface area contributed by atoms with Crippen LogP contribution >= 0.6 is 22.9 Å². The summed E-state index contributed by atoms with van der Waals surface area (Å²) < 4.78 is 0. The van der Waals surface area contributed by atoms with Crippen LogP contribution in [0.25, 0.3) is 10.6 Å². The normalized spacial score (nSPS) is 18.4. The Morgan fingerprint density at radius 3 is 2.80 bits per heavy atom. The molecule has 0 radical (unpaired) electrons. The predicted molar refractivity (Wildman–Crippen MR) is 84.4 cm³/mol. The van der Waals surface area contributed by atoms with Crippen LogP contribution in [0.15, 0.2) is 24.3 Å². The Bertz CT molecular complexity index is 629.